The third-order valence-corrected chi connectivity index (χ3v) is 3.22. The van der Waals surface area contributed by atoms with Crippen LogP contribution in [0.5, 0.6) is 5.88 Å². The zero-order chi connectivity index (χ0) is 17.5. The summed E-state index contributed by atoms with van der Waals surface area (Å²) in [6.07, 6.45) is 2.73. The summed E-state index contributed by atoms with van der Waals surface area (Å²) >= 11 is 0. The summed E-state index contributed by atoms with van der Waals surface area (Å²) in [6, 6.07) is 3.48. The van der Waals surface area contributed by atoms with Crippen LogP contribution in [0.4, 0.5) is 0 Å². The van der Waals surface area contributed by atoms with Crippen molar-refractivity contribution in [2.45, 2.75) is 33.6 Å². The topological polar surface area (TPSA) is 105 Å². The molecule has 1 aromatic heterocycles. The lowest BCUT2D eigenvalue weighted by molar-refractivity contribution is -0.120. The van der Waals surface area contributed by atoms with Crippen LogP contribution in [-0.2, 0) is 9.59 Å². The maximum atomic E-state index is 12.3. The summed E-state index contributed by atoms with van der Waals surface area (Å²) in [5.74, 6) is 0.174. The van der Waals surface area contributed by atoms with Gasteiger partial charge in [-0.25, -0.2) is 4.98 Å². The second-order valence-corrected chi connectivity index (χ2v) is 5.11. The molecule has 0 spiro atoms. The van der Waals surface area contributed by atoms with Gasteiger partial charge in [-0.1, -0.05) is 6.92 Å². The van der Waals surface area contributed by atoms with Gasteiger partial charge in [-0.2, -0.15) is 5.10 Å². The molecule has 1 aliphatic heterocycles. The van der Waals surface area contributed by atoms with E-state index in [1.165, 1.54) is 0 Å². The van der Waals surface area contributed by atoms with Crippen molar-refractivity contribution in [2.24, 2.45) is 5.10 Å². The molecule has 1 aliphatic rings. The van der Waals surface area contributed by atoms with Gasteiger partial charge in [-0.05, 0) is 32.4 Å². The van der Waals surface area contributed by atoms with Crippen LogP contribution >= 0.6 is 0 Å². The normalized spacial score (nSPS) is 15.8. The first-order valence-electron chi connectivity index (χ1n) is 7.80. The molecule has 0 fully saturated rings. The molecule has 8 nitrogen and oxygen atoms in total. The minimum atomic E-state index is -0.388. The molecule has 2 rings (SSSR count). The van der Waals surface area contributed by atoms with E-state index in [9.17, 15) is 9.59 Å². The predicted molar refractivity (Wildman–Crippen MR) is 89.0 cm³/mol. The fourth-order valence-electron chi connectivity index (χ4n) is 2.13. The number of aromatic nitrogens is 1. The molecule has 2 heterocycles. The molecular formula is C16H21N5O3. The van der Waals surface area contributed by atoms with E-state index >= 15 is 0 Å². The van der Waals surface area contributed by atoms with Crippen LogP contribution in [0.25, 0.3) is 0 Å². The lowest BCUT2D eigenvalue weighted by Crippen LogP contribution is -2.43. The van der Waals surface area contributed by atoms with Crippen LogP contribution in [-0.4, -0.2) is 29.2 Å². The van der Waals surface area contributed by atoms with E-state index in [0.29, 0.717) is 36.0 Å². The lowest BCUT2D eigenvalue weighted by atomic mass is 10.2. The van der Waals surface area contributed by atoms with E-state index in [0.717, 1.165) is 6.42 Å². The van der Waals surface area contributed by atoms with E-state index in [4.69, 9.17) is 4.74 Å². The molecule has 0 saturated heterocycles. The number of carbonyl (C=O) groups is 2. The number of allylic oxidation sites excluding steroid dienone is 1. The van der Waals surface area contributed by atoms with Gasteiger partial charge in [0.15, 0.2) is 5.84 Å². The molecule has 0 aliphatic carbocycles. The molecule has 128 valence electrons. The average Bonchev–Trinajstić information content (AvgIpc) is 2.55. The highest BCUT2D eigenvalue weighted by molar-refractivity contribution is 6.15. The van der Waals surface area contributed by atoms with Gasteiger partial charge in [-0.15, -0.1) is 0 Å². The van der Waals surface area contributed by atoms with Gasteiger partial charge in [0.2, 0.25) is 11.8 Å². The Morgan fingerprint density at radius 3 is 2.83 bits per heavy atom. The summed E-state index contributed by atoms with van der Waals surface area (Å²) in [6.45, 7) is 5.85. The van der Waals surface area contributed by atoms with E-state index in [1.807, 2.05) is 13.8 Å². The number of nitrogens with zero attached hydrogens (tertiary/aromatic N) is 2. The number of carbonyl (C=O) groups excluding carboxylic acids is 2. The summed E-state index contributed by atoms with van der Waals surface area (Å²) in [5, 5.41) is 9.52. The Labute approximate surface area is 140 Å². The zero-order valence-corrected chi connectivity index (χ0v) is 14.0. The van der Waals surface area contributed by atoms with Crippen LogP contribution < -0.4 is 20.8 Å². The smallest absolute Gasteiger partial charge is 0.276 e. The van der Waals surface area contributed by atoms with Crippen LogP contribution in [0.3, 0.4) is 0 Å². The van der Waals surface area contributed by atoms with Gasteiger partial charge < -0.3 is 15.4 Å². The quantitative estimate of drug-likeness (QED) is 0.675. The number of hydrogen-bond acceptors (Lipinski definition) is 6. The molecule has 0 saturated carbocycles. The van der Waals surface area contributed by atoms with Gasteiger partial charge in [0.1, 0.15) is 5.70 Å². The van der Waals surface area contributed by atoms with Crippen LogP contribution in [0, 0.1) is 0 Å². The number of ether oxygens (including phenoxy) is 1. The monoisotopic (exact) mass is 331 g/mol. The van der Waals surface area contributed by atoms with E-state index in [1.54, 1.807) is 25.3 Å². The molecule has 0 aromatic carbocycles. The zero-order valence-electron chi connectivity index (χ0n) is 14.0. The van der Waals surface area contributed by atoms with Crippen molar-refractivity contribution in [1.82, 2.24) is 21.0 Å². The van der Waals surface area contributed by atoms with E-state index in [-0.39, 0.29) is 17.5 Å². The highest BCUT2D eigenvalue weighted by Crippen LogP contribution is 2.16. The standard InChI is InChI=1S/C16H21N5O3/c1-4-7-12(22)18-10(3)13-15(23)19-14(21-20-13)11-8-6-9-17-16(11)24-5-2/h6,8-9,20H,4-5,7H2,1-3H3,(H,18,22)(H,19,21,23)/b13-10-. The van der Waals surface area contributed by atoms with Crippen molar-refractivity contribution >= 4 is 17.6 Å². The Hall–Kier alpha value is -2.90. The first-order chi connectivity index (χ1) is 11.6. The Morgan fingerprint density at radius 2 is 2.17 bits per heavy atom. The SMILES string of the molecule is CCCC(=O)N/C(C)=C1\NN=C(c2cccnc2OCC)NC1=O. The Balaban J connectivity index is 2.21. The van der Waals surface area contributed by atoms with Crippen LogP contribution in [0.15, 0.2) is 34.8 Å². The highest BCUT2D eigenvalue weighted by atomic mass is 16.5. The molecule has 8 heteroatoms. The first kappa shape index (κ1) is 17.5. The Morgan fingerprint density at radius 1 is 1.38 bits per heavy atom. The molecule has 3 N–H and O–H groups in total. The number of hydrogen-bond donors (Lipinski definition) is 3. The Bertz CT molecular complexity index is 697. The molecule has 24 heavy (non-hydrogen) atoms. The highest BCUT2D eigenvalue weighted by Gasteiger charge is 2.23. The third-order valence-electron chi connectivity index (χ3n) is 3.22. The molecular weight excluding hydrogens is 310 g/mol. The number of hydrazone groups is 1. The second kappa shape index (κ2) is 8.09. The molecule has 0 bridgehead atoms. The summed E-state index contributed by atoms with van der Waals surface area (Å²) in [5.41, 5.74) is 3.89. The second-order valence-electron chi connectivity index (χ2n) is 5.11. The molecule has 2 amide bonds. The fraction of sp³-hybridized carbons (Fsp3) is 0.375. The van der Waals surface area contributed by atoms with Crippen molar-refractivity contribution in [3.63, 3.8) is 0 Å². The van der Waals surface area contributed by atoms with Crippen molar-refractivity contribution in [3.8, 4) is 5.88 Å². The summed E-state index contributed by atoms with van der Waals surface area (Å²) < 4.78 is 5.44. The van der Waals surface area contributed by atoms with Crippen molar-refractivity contribution in [1.29, 1.82) is 0 Å². The van der Waals surface area contributed by atoms with Gasteiger partial charge in [0.25, 0.3) is 5.91 Å². The largest absolute Gasteiger partial charge is 0.477 e. The first-order valence-corrected chi connectivity index (χ1v) is 7.80. The van der Waals surface area contributed by atoms with E-state index < -0.39 is 0 Å². The Kier molecular flexibility index (Phi) is 5.89. The minimum absolute atomic E-state index is 0.141. The molecule has 0 radical (unpaired) electrons. The molecule has 1 aromatic rings. The maximum Gasteiger partial charge on any atom is 0.276 e. The van der Waals surface area contributed by atoms with Crippen molar-refractivity contribution in [2.75, 3.05) is 6.61 Å². The predicted octanol–water partition coefficient (Wildman–Crippen LogP) is 1.01. The minimum Gasteiger partial charge on any atom is -0.477 e. The summed E-state index contributed by atoms with van der Waals surface area (Å²) in [4.78, 5) is 28.1. The summed E-state index contributed by atoms with van der Waals surface area (Å²) in [7, 11) is 0. The molecule has 0 atom stereocenters. The number of amides is 2. The van der Waals surface area contributed by atoms with Crippen LogP contribution in [0.1, 0.15) is 39.2 Å². The van der Waals surface area contributed by atoms with Crippen LogP contribution in [0.2, 0.25) is 0 Å². The average molecular weight is 331 g/mol. The number of pyridine rings is 1. The number of nitrogens with one attached hydrogen (secondary N) is 3. The van der Waals surface area contributed by atoms with Gasteiger partial charge in [0, 0.05) is 18.3 Å². The van der Waals surface area contributed by atoms with Gasteiger partial charge >= 0.3 is 0 Å². The van der Waals surface area contributed by atoms with Crippen molar-refractivity contribution < 1.29 is 14.3 Å². The maximum absolute atomic E-state index is 12.3. The number of rotatable bonds is 6. The van der Waals surface area contributed by atoms with Crippen molar-refractivity contribution in [3.05, 3.63) is 35.3 Å². The van der Waals surface area contributed by atoms with E-state index in [2.05, 4.69) is 26.1 Å². The number of amidine groups is 1. The van der Waals surface area contributed by atoms with Gasteiger partial charge in [-0.3, -0.25) is 15.0 Å². The molecule has 0 unspecified atom stereocenters. The third kappa shape index (κ3) is 4.09. The lowest BCUT2D eigenvalue weighted by Gasteiger charge is -2.20. The van der Waals surface area contributed by atoms with Gasteiger partial charge in [0.05, 0.1) is 12.2 Å². The fourth-order valence-corrected chi connectivity index (χ4v) is 2.13.